The van der Waals surface area contributed by atoms with Crippen molar-refractivity contribution in [2.45, 2.75) is 19.8 Å². The third-order valence-corrected chi connectivity index (χ3v) is 3.46. The van der Waals surface area contributed by atoms with Crippen LogP contribution in [0.1, 0.15) is 17.5 Å². The van der Waals surface area contributed by atoms with E-state index in [2.05, 4.69) is 35.8 Å². The lowest BCUT2D eigenvalue weighted by Crippen LogP contribution is -2.30. The molecule has 2 aromatic rings. The molecule has 0 amide bonds. The van der Waals surface area contributed by atoms with Crippen molar-refractivity contribution in [3.8, 4) is 0 Å². The van der Waals surface area contributed by atoms with Crippen LogP contribution in [0.25, 0.3) is 0 Å². The summed E-state index contributed by atoms with van der Waals surface area (Å²) in [6, 6.07) is 12.0. The standard InChI is InChI=1S/C17H18F2N2S/c1-12-5-2-6-13(11-12)7-4-10-20-17(22)21-16-14(18)8-3-9-15(16)19/h2-3,5-6,8-9,11H,4,7,10H2,1H3,(H2,20,21,22). The number of hydrogen-bond acceptors (Lipinski definition) is 1. The van der Waals surface area contributed by atoms with Gasteiger partial charge >= 0.3 is 0 Å². The Morgan fingerprint density at radius 2 is 1.77 bits per heavy atom. The number of anilines is 1. The van der Waals surface area contributed by atoms with E-state index in [9.17, 15) is 8.78 Å². The molecule has 0 atom stereocenters. The van der Waals surface area contributed by atoms with Crippen LogP contribution in [0.4, 0.5) is 14.5 Å². The van der Waals surface area contributed by atoms with E-state index < -0.39 is 11.6 Å². The largest absolute Gasteiger partial charge is 0.362 e. The smallest absolute Gasteiger partial charge is 0.170 e. The van der Waals surface area contributed by atoms with E-state index in [1.54, 1.807) is 0 Å². The summed E-state index contributed by atoms with van der Waals surface area (Å²) in [7, 11) is 0. The Morgan fingerprint density at radius 1 is 1.09 bits per heavy atom. The van der Waals surface area contributed by atoms with Crippen LogP contribution < -0.4 is 10.6 Å². The molecule has 116 valence electrons. The van der Waals surface area contributed by atoms with Gasteiger partial charge in [-0.15, -0.1) is 0 Å². The number of hydrogen-bond donors (Lipinski definition) is 2. The average molecular weight is 320 g/mol. The molecule has 5 heteroatoms. The normalized spacial score (nSPS) is 10.3. The topological polar surface area (TPSA) is 24.1 Å². The maximum absolute atomic E-state index is 13.5. The highest BCUT2D eigenvalue weighted by Gasteiger charge is 2.09. The predicted octanol–water partition coefficient (Wildman–Crippen LogP) is 4.19. The van der Waals surface area contributed by atoms with Gasteiger partial charge in [0.25, 0.3) is 0 Å². The molecule has 0 aliphatic carbocycles. The molecule has 0 radical (unpaired) electrons. The SMILES string of the molecule is Cc1cccc(CCCNC(=S)Nc2c(F)cccc2F)c1. The Bertz CT molecular complexity index is 639. The van der Waals surface area contributed by atoms with Crippen molar-refractivity contribution in [1.82, 2.24) is 5.32 Å². The summed E-state index contributed by atoms with van der Waals surface area (Å²) in [5.74, 6) is -1.33. The van der Waals surface area contributed by atoms with Crippen LogP contribution in [0.5, 0.6) is 0 Å². The first-order valence-electron chi connectivity index (χ1n) is 7.10. The summed E-state index contributed by atoms with van der Waals surface area (Å²) in [4.78, 5) is 0. The van der Waals surface area contributed by atoms with E-state index in [1.807, 2.05) is 6.07 Å². The highest BCUT2D eigenvalue weighted by Crippen LogP contribution is 2.17. The molecule has 2 rings (SSSR count). The number of para-hydroxylation sites is 1. The fourth-order valence-corrected chi connectivity index (χ4v) is 2.34. The summed E-state index contributed by atoms with van der Waals surface area (Å²) in [6.07, 6.45) is 1.80. The highest BCUT2D eigenvalue weighted by atomic mass is 32.1. The highest BCUT2D eigenvalue weighted by molar-refractivity contribution is 7.80. The monoisotopic (exact) mass is 320 g/mol. The molecule has 0 aromatic heterocycles. The molecule has 2 nitrogen and oxygen atoms in total. The second-order valence-electron chi connectivity index (χ2n) is 5.07. The fourth-order valence-electron chi connectivity index (χ4n) is 2.14. The van der Waals surface area contributed by atoms with E-state index in [0.29, 0.717) is 6.54 Å². The molecule has 2 N–H and O–H groups in total. The lowest BCUT2D eigenvalue weighted by molar-refractivity contribution is 0.591. The van der Waals surface area contributed by atoms with Crippen molar-refractivity contribution in [2.24, 2.45) is 0 Å². The van der Waals surface area contributed by atoms with Crippen molar-refractivity contribution in [1.29, 1.82) is 0 Å². The van der Waals surface area contributed by atoms with Crippen LogP contribution in [0.2, 0.25) is 0 Å². The molecular formula is C17H18F2N2S. The third-order valence-electron chi connectivity index (χ3n) is 3.21. The molecule has 0 spiro atoms. The molecule has 0 bridgehead atoms. The number of halogens is 2. The second-order valence-corrected chi connectivity index (χ2v) is 5.48. The van der Waals surface area contributed by atoms with Gasteiger partial charge < -0.3 is 10.6 Å². The van der Waals surface area contributed by atoms with E-state index >= 15 is 0 Å². The molecule has 0 unspecified atom stereocenters. The quantitative estimate of drug-likeness (QED) is 0.638. The molecule has 0 saturated heterocycles. The molecule has 0 fully saturated rings. The molecule has 0 aliphatic rings. The Morgan fingerprint density at radius 3 is 2.45 bits per heavy atom. The Hall–Kier alpha value is -2.01. The summed E-state index contributed by atoms with van der Waals surface area (Å²) < 4.78 is 26.9. The number of nitrogens with one attached hydrogen (secondary N) is 2. The summed E-state index contributed by atoms with van der Waals surface area (Å²) in [6.45, 7) is 2.69. The van der Waals surface area contributed by atoms with E-state index in [4.69, 9.17) is 12.2 Å². The number of rotatable bonds is 5. The van der Waals surface area contributed by atoms with Crippen LogP contribution in [0.15, 0.2) is 42.5 Å². The van der Waals surface area contributed by atoms with Gasteiger partial charge in [-0.2, -0.15) is 0 Å². The molecule has 0 aliphatic heterocycles. The average Bonchev–Trinajstić information content (AvgIpc) is 2.48. The first-order chi connectivity index (χ1) is 10.6. The van der Waals surface area contributed by atoms with Gasteiger partial charge in [0.2, 0.25) is 0 Å². The lowest BCUT2D eigenvalue weighted by atomic mass is 10.1. The van der Waals surface area contributed by atoms with Gasteiger partial charge in [-0.25, -0.2) is 8.78 Å². The first kappa shape index (κ1) is 16.4. The number of benzene rings is 2. The van der Waals surface area contributed by atoms with Gasteiger partial charge in [0.05, 0.1) is 0 Å². The van der Waals surface area contributed by atoms with Gasteiger partial charge in [0, 0.05) is 6.54 Å². The number of thiocarbonyl (C=S) groups is 1. The molecule has 22 heavy (non-hydrogen) atoms. The zero-order valence-corrected chi connectivity index (χ0v) is 13.1. The summed E-state index contributed by atoms with van der Waals surface area (Å²) >= 11 is 5.05. The minimum absolute atomic E-state index is 0.216. The van der Waals surface area contributed by atoms with Crippen LogP contribution in [-0.4, -0.2) is 11.7 Å². The van der Waals surface area contributed by atoms with Gasteiger partial charge in [-0.05, 0) is 49.7 Å². The molecule has 0 heterocycles. The third kappa shape index (κ3) is 4.77. The van der Waals surface area contributed by atoms with Crippen molar-refractivity contribution >= 4 is 23.0 Å². The summed E-state index contributed by atoms with van der Waals surface area (Å²) in [5, 5.41) is 5.73. The van der Waals surface area contributed by atoms with Gasteiger partial charge in [-0.3, -0.25) is 0 Å². The van der Waals surface area contributed by atoms with Crippen LogP contribution in [-0.2, 0) is 6.42 Å². The minimum atomic E-state index is -0.663. The minimum Gasteiger partial charge on any atom is -0.362 e. The Balaban J connectivity index is 1.76. The Labute approximate surface area is 134 Å². The zero-order valence-electron chi connectivity index (χ0n) is 12.3. The predicted molar refractivity (Wildman–Crippen MR) is 90.1 cm³/mol. The van der Waals surface area contributed by atoms with Gasteiger partial charge in [0.1, 0.15) is 17.3 Å². The van der Waals surface area contributed by atoms with Crippen molar-refractivity contribution in [3.05, 3.63) is 65.2 Å². The van der Waals surface area contributed by atoms with E-state index in [0.717, 1.165) is 12.8 Å². The first-order valence-corrected chi connectivity index (χ1v) is 7.51. The summed E-state index contributed by atoms with van der Waals surface area (Å²) in [5.41, 5.74) is 2.28. The van der Waals surface area contributed by atoms with E-state index in [1.165, 1.54) is 29.3 Å². The van der Waals surface area contributed by atoms with Crippen LogP contribution in [0.3, 0.4) is 0 Å². The number of aryl methyl sites for hydroxylation is 2. The van der Waals surface area contributed by atoms with Gasteiger partial charge in [0.15, 0.2) is 5.11 Å². The zero-order chi connectivity index (χ0) is 15.9. The van der Waals surface area contributed by atoms with Crippen molar-refractivity contribution < 1.29 is 8.78 Å². The molecular weight excluding hydrogens is 302 g/mol. The van der Waals surface area contributed by atoms with Crippen molar-refractivity contribution in [3.63, 3.8) is 0 Å². The lowest BCUT2D eigenvalue weighted by Gasteiger charge is -2.11. The Kier molecular flexibility index (Phi) is 5.83. The van der Waals surface area contributed by atoms with Crippen molar-refractivity contribution in [2.75, 3.05) is 11.9 Å². The van der Waals surface area contributed by atoms with Crippen LogP contribution in [0, 0.1) is 18.6 Å². The van der Waals surface area contributed by atoms with Crippen LogP contribution >= 0.6 is 12.2 Å². The second kappa shape index (κ2) is 7.84. The maximum atomic E-state index is 13.5. The fraction of sp³-hybridized carbons (Fsp3) is 0.235. The molecule has 0 saturated carbocycles. The van der Waals surface area contributed by atoms with E-state index in [-0.39, 0.29) is 10.8 Å². The van der Waals surface area contributed by atoms with Gasteiger partial charge in [-0.1, -0.05) is 35.9 Å². The maximum Gasteiger partial charge on any atom is 0.170 e. The molecule has 2 aromatic carbocycles.